The van der Waals surface area contributed by atoms with Crippen molar-refractivity contribution < 1.29 is 9.13 Å². The van der Waals surface area contributed by atoms with Gasteiger partial charge in [-0.05, 0) is 26.0 Å². The molecule has 0 aromatic heterocycles. The number of hydrogen-bond donors (Lipinski definition) is 1. The highest BCUT2D eigenvalue weighted by atomic mass is 19.1. The van der Waals surface area contributed by atoms with E-state index in [1.807, 2.05) is 27.0 Å². The molecule has 2 atom stereocenters. The van der Waals surface area contributed by atoms with Crippen molar-refractivity contribution in [2.75, 3.05) is 33.4 Å². The van der Waals surface area contributed by atoms with E-state index >= 15 is 0 Å². The monoisotopic (exact) mass is 268 g/mol. The van der Waals surface area contributed by atoms with Gasteiger partial charge in [-0.25, -0.2) is 4.39 Å². The Morgan fingerprint density at radius 2 is 2.05 bits per heavy atom. The summed E-state index contributed by atoms with van der Waals surface area (Å²) in [6, 6.07) is 6.45. The summed E-state index contributed by atoms with van der Waals surface area (Å²) in [5, 5.41) is 0. The molecule has 1 rings (SSSR count). The molecule has 0 aliphatic rings. The fraction of sp³-hybridized carbons (Fsp3) is 0.600. The maximum atomic E-state index is 13.7. The highest BCUT2D eigenvalue weighted by Gasteiger charge is 2.19. The SMILES string of the molecule is CCOCCN(C)CC(C)C(N)c1ccccc1F. The van der Waals surface area contributed by atoms with Crippen molar-refractivity contribution >= 4 is 0 Å². The molecule has 4 heteroatoms. The first-order chi connectivity index (χ1) is 9.06. The highest BCUT2D eigenvalue weighted by Crippen LogP contribution is 2.22. The minimum Gasteiger partial charge on any atom is -0.380 e. The Hall–Kier alpha value is -0.970. The van der Waals surface area contributed by atoms with Gasteiger partial charge in [0.2, 0.25) is 0 Å². The lowest BCUT2D eigenvalue weighted by Gasteiger charge is -2.26. The molecule has 108 valence electrons. The first-order valence-electron chi connectivity index (χ1n) is 6.82. The van der Waals surface area contributed by atoms with E-state index in [2.05, 4.69) is 4.90 Å². The lowest BCUT2D eigenvalue weighted by molar-refractivity contribution is 0.116. The molecule has 1 aromatic carbocycles. The van der Waals surface area contributed by atoms with Crippen LogP contribution in [-0.2, 0) is 4.74 Å². The first kappa shape index (κ1) is 16.1. The molecule has 2 N–H and O–H groups in total. The average molecular weight is 268 g/mol. The van der Waals surface area contributed by atoms with Gasteiger partial charge in [0.05, 0.1) is 6.61 Å². The molecule has 0 aliphatic carbocycles. The molecular weight excluding hydrogens is 243 g/mol. The van der Waals surface area contributed by atoms with Crippen molar-refractivity contribution in [2.45, 2.75) is 19.9 Å². The third-order valence-electron chi connectivity index (χ3n) is 3.30. The number of halogens is 1. The molecule has 1 aromatic rings. The number of likely N-dealkylation sites (N-methyl/N-ethyl adjacent to an activating group) is 1. The average Bonchev–Trinajstić information content (AvgIpc) is 2.38. The maximum absolute atomic E-state index is 13.7. The fourth-order valence-corrected chi connectivity index (χ4v) is 2.11. The van der Waals surface area contributed by atoms with E-state index in [1.54, 1.807) is 12.1 Å². The van der Waals surface area contributed by atoms with Gasteiger partial charge in [0.1, 0.15) is 5.82 Å². The van der Waals surface area contributed by atoms with Crippen molar-refractivity contribution in [3.05, 3.63) is 35.6 Å². The molecule has 0 saturated heterocycles. The number of hydrogen-bond acceptors (Lipinski definition) is 3. The van der Waals surface area contributed by atoms with Crippen molar-refractivity contribution in [1.29, 1.82) is 0 Å². The minimum absolute atomic E-state index is 0.184. The summed E-state index contributed by atoms with van der Waals surface area (Å²) in [5.41, 5.74) is 6.74. The van der Waals surface area contributed by atoms with Crippen molar-refractivity contribution in [2.24, 2.45) is 11.7 Å². The molecule has 0 radical (unpaired) electrons. The molecule has 3 nitrogen and oxygen atoms in total. The zero-order valence-corrected chi connectivity index (χ0v) is 12.1. The summed E-state index contributed by atoms with van der Waals surface area (Å²) >= 11 is 0. The minimum atomic E-state index is -0.282. The van der Waals surface area contributed by atoms with E-state index in [0.29, 0.717) is 12.2 Å². The highest BCUT2D eigenvalue weighted by molar-refractivity contribution is 5.21. The molecular formula is C15H25FN2O. The van der Waals surface area contributed by atoms with Crippen LogP contribution in [0, 0.1) is 11.7 Å². The molecule has 0 spiro atoms. The summed E-state index contributed by atoms with van der Waals surface area (Å²) in [4.78, 5) is 2.17. The second-order valence-electron chi connectivity index (χ2n) is 4.98. The van der Waals surface area contributed by atoms with E-state index < -0.39 is 0 Å². The quantitative estimate of drug-likeness (QED) is 0.736. The third-order valence-corrected chi connectivity index (χ3v) is 3.30. The normalized spacial score (nSPS) is 14.6. The van der Waals surface area contributed by atoms with Gasteiger partial charge in [0.25, 0.3) is 0 Å². The first-order valence-corrected chi connectivity index (χ1v) is 6.82. The molecule has 0 bridgehead atoms. The molecule has 2 unspecified atom stereocenters. The summed E-state index contributed by atoms with van der Waals surface area (Å²) < 4.78 is 19.0. The summed E-state index contributed by atoms with van der Waals surface area (Å²) in [6.45, 7) is 7.17. The zero-order valence-electron chi connectivity index (χ0n) is 12.1. The predicted molar refractivity (Wildman–Crippen MR) is 76.5 cm³/mol. The molecule has 0 heterocycles. The van der Waals surface area contributed by atoms with Crippen LogP contribution in [0.4, 0.5) is 4.39 Å². The number of nitrogens with two attached hydrogens (primary N) is 1. The van der Waals surface area contributed by atoms with Crippen LogP contribution >= 0.6 is 0 Å². The topological polar surface area (TPSA) is 38.5 Å². The van der Waals surface area contributed by atoms with Crippen LogP contribution in [0.1, 0.15) is 25.5 Å². The maximum Gasteiger partial charge on any atom is 0.127 e. The molecule has 0 saturated carbocycles. The van der Waals surface area contributed by atoms with Gasteiger partial charge in [-0.2, -0.15) is 0 Å². The van der Waals surface area contributed by atoms with Crippen LogP contribution in [0.2, 0.25) is 0 Å². The lowest BCUT2D eigenvalue weighted by atomic mass is 9.94. The summed E-state index contributed by atoms with van der Waals surface area (Å²) in [7, 11) is 2.03. The standard InChI is InChI=1S/C15H25FN2O/c1-4-19-10-9-18(3)11-12(2)15(17)13-7-5-6-8-14(13)16/h5-8,12,15H,4,9-11,17H2,1-3H3. The van der Waals surface area contributed by atoms with Crippen LogP contribution in [-0.4, -0.2) is 38.3 Å². The van der Waals surface area contributed by atoms with Gasteiger partial charge in [-0.3, -0.25) is 0 Å². The van der Waals surface area contributed by atoms with Crippen molar-refractivity contribution in [3.8, 4) is 0 Å². The van der Waals surface area contributed by atoms with Gasteiger partial charge in [-0.15, -0.1) is 0 Å². The van der Waals surface area contributed by atoms with Crippen LogP contribution < -0.4 is 5.73 Å². The Kier molecular flexibility index (Phi) is 6.99. The van der Waals surface area contributed by atoms with Crippen molar-refractivity contribution in [1.82, 2.24) is 4.90 Å². The Bertz CT molecular complexity index is 373. The fourth-order valence-electron chi connectivity index (χ4n) is 2.11. The van der Waals surface area contributed by atoms with Gasteiger partial charge in [0.15, 0.2) is 0 Å². The Balaban J connectivity index is 2.48. The van der Waals surface area contributed by atoms with Gasteiger partial charge < -0.3 is 15.4 Å². The lowest BCUT2D eigenvalue weighted by Crippen LogP contribution is -2.33. The Labute approximate surface area is 115 Å². The summed E-state index contributed by atoms with van der Waals surface area (Å²) in [6.07, 6.45) is 0. The van der Waals surface area contributed by atoms with Crippen LogP contribution in [0.5, 0.6) is 0 Å². The largest absolute Gasteiger partial charge is 0.380 e. The van der Waals surface area contributed by atoms with E-state index in [4.69, 9.17) is 10.5 Å². The van der Waals surface area contributed by atoms with Gasteiger partial charge in [0, 0.05) is 31.3 Å². The third kappa shape index (κ3) is 5.27. The Morgan fingerprint density at radius 3 is 2.68 bits per heavy atom. The number of benzene rings is 1. The second kappa shape index (κ2) is 8.25. The zero-order chi connectivity index (χ0) is 14.3. The van der Waals surface area contributed by atoms with Crippen LogP contribution in [0.15, 0.2) is 24.3 Å². The van der Waals surface area contributed by atoms with E-state index in [-0.39, 0.29) is 17.8 Å². The summed E-state index contributed by atoms with van der Waals surface area (Å²) in [5.74, 6) is -0.0395. The molecule has 0 fully saturated rings. The smallest absolute Gasteiger partial charge is 0.127 e. The molecule has 0 aliphatic heterocycles. The molecule has 0 amide bonds. The Morgan fingerprint density at radius 1 is 1.37 bits per heavy atom. The number of nitrogens with zero attached hydrogens (tertiary/aromatic N) is 1. The second-order valence-corrected chi connectivity index (χ2v) is 4.98. The number of rotatable bonds is 8. The van der Waals surface area contributed by atoms with E-state index in [9.17, 15) is 4.39 Å². The van der Waals surface area contributed by atoms with Crippen LogP contribution in [0.25, 0.3) is 0 Å². The van der Waals surface area contributed by atoms with E-state index in [0.717, 1.165) is 19.7 Å². The van der Waals surface area contributed by atoms with Crippen LogP contribution in [0.3, 0.4) is 0 Å². The van der Waals surface area contributed by atoms with Crippen molar-refractivity contribution in [3.63, 3.8) is 0 Å². The van der Waals surface area contributed by atoms with Gasteiger partial charge >= 0.3 is 0 Å². The van der Waals surface area contributed by atoms with E-state index in [1.165, 1.54) is 6.07 Å². The number of ether oxygens (including phenoxy) is 1. The van der Waals surface area contributed by atoms with Gasteiger partial charge in [-0.1, -0.05) is 25.1 Å². The molecule has 19 heavy (non-hydrogen) atoms. The predicted octanol–water partition coefficient (Wildman–Crippen LogP) is 2.43.